The Labute approximate surface area is 174 Å². The zero-order chi connectivity index (χ0) is 20.8. The molecule has 0 spiro atoms. The van der Waals surface area contributed by atoms with Crippen molar-refractivity contribution in [1.82, 2.24) is 15.0 Å². The molecular formula is C21H21N7O2. The molecule has 0 amide bonds. The van der Waals surface area contributed by atoms with Gasteiger partial charge in [-0.2, -0.15) is 15.3 Å². The molecule has 2 aromatic heterocycles. The molecule has 0 radical (unpaired) electrons. The number of benzene rings is 1. The molecule has 2 N–H and O–H groups in total. The van der Waals surface area contributed by atoms with Crippen LogP contribution < -0.4 is 15.1 Å². The Hall–Kier alpha value is -3.90. The minimum absolute atomic E-state index is 0.309. The fourth-order valence-electron chi connectivity index (χ4n) is 3.15. The fourth-order valence-corrected chi connectivity index (χ4v) is 3.15. The number of morpholine rings is 1. The highest BCUT2D eigenvalue weighted by atomic mass is 16.5. The summed E-state index contributed by atoms with van der Waals surface area (Å²) in [4.78, 5) is 14.2. The summed E-state index contributed by atoms with van der Waals surface area (Å²) in [7, 11) is 1.61. The SMILES string of the molecule is COc1ccc(-c2nc(N/N=C/c3ccc[nH]3)nc(N3CCOCC3)c2C#N)cc1. The molecule has 9 heteroatoms. The van der Waals surface area contributed by atoms with Gasteiger partial charge in [-0.05, 0) is 36.4 Å². The summed E-state index contributed by atoms with van der Waals surface area (Å²) in [5, 5.41) is 14.1. The second-order valence-corrected chi connectivity index (χ2v) is 6.53. The number of nitrogens with zero attached hydrogens (tertiary/aromatic N) is 5. The monoisotopic (exact) mass is 403 g/mol. The van der Waals surface area contributed by atoms with Gasteiger partial charge < -0.3 is 19.4 Å². The van der Waals surface area contributed by atoms with Gasteiger partial charge in [0.2, 0.25) is 5.95 Å². The van der Waals surface area contributed by atoms with Crippen molar-refractivity contribution < 1.29 is 9.47 Å². The third-order valence-electron chi connectivity index (χ3n) is 4.67. The van der Waals surface area contributed by atoms with E-state index in [0.717, 1.165) is 17.0 Å². The number of hydrazone groups is 1. The lowest BCUT2D eigenvalue weighted by molar-refractivity contribution is 0.122. The van der Waals surface area contributed by atoms with E-state index in [1.807, 2.05) is 47.5 Å². The maximum Gasteiger partial charge on any atom is 0.246 e. The second-order valence-electron chi connectivity index (χ2n) is 6.53. The Morgan fingerprint density at radius 3 is 2.70 bits per heavy atom. The van der Waals surface area contributed by atoms with Crippen LogP contribution in [-0.2, 0) is 4.74 Å². The molecule has 3 heterocycles. The predicted molar refractivity (Wildman–Crippen MR) is 114 cm³/mol. The quantitative estimate of drug-likeness (QED) is 0.481. The Kier molecular flexibility index (Phi) is 5.87. The van der Waals surface area contributed by atoms with Crippen molar-refractivity contribution in [1.29, 1.82) is 5.26 Å². The first-order valence-corrected chi connectivity index (χ1v) is 9.50. The van der Waals surface area contributed by atoms with Crippen LogP contribution in [0.3, 0.4) is 0 Å². The molecule has 1 aliphatic heterocycles. The van der Waals surface area contributed by atoms with Crippen molar-refractivity contribution in [2.24, 2.45) is 5.10 Å². The van der Waals surface area contributed by atoms with Gasteiger partial charge in [0.05, 0.1) is 37.9 Å². The van der Waals surface area contributed by atoms with Crippen molar-refractivity contribution in [2.75, 3.05) is 43.7 Å². The van der Waals surface area contributed by atoms with Gasteiger partial charge in [-0.3, -0.25) is 0 Å². The number of methoxy groups -OCH3 is 1. The molecule has 30 heavy (non-hydrogen) atoms. The molecule has 152 valence electrons. The van der Waals surface area contributed by atoms with E-state index in [1.54, 1.807) is 13.3 Å². The van der Waals surface area contributed by atoms with Gasteiger partial charge >= 0.3 is 0 Å². The van der Waals surface area contributed by atoms with Gasteiger partial charge in [0, 0.05) is 24.8 Å². The van der Waals surface area contributed by atoms with E-state index in [9.17, 15) is 5.26 Å². The average molecular weight is 403 g/mol. The summed E-state index contributed by atoms with van der Waals surface area (Å²) in [6.45, 7) is 2.47. The summed E-state index contributed by atoms with van der Waals surface area (Å²) in [5.41, 5.74) is 5.47. The zero-order valence-corrected chi connectivity index (χ0v) is 16.5. The molecule has 0 saturated carbocycles. The number of nitrogens with one attached hydrogen (secondary N) is 2. The molecule has 1 fully saturated rings. The first kappa shape index (κ1) is 19.4. The topological polar surface area (TPSA) is 111 Å². The molecular weight excluding hydrogens is 382 g/mol. The molecule has 9 nitrogen and oxygen atoms in total. The van der Waals surface area contributed by atoms with Crippen LogP contribution in [0.25, 0.3) is 11.3 Å². The minimum Gasteiger partial charge on any atom is -0.497 e. The van der Waals surface area contributed by atoms with Crippen LogP contribution in [0.1, 0.15) is 11.3 Å². The largest absolute Gasteiger partial charge is 0.497 e. The fraction of sp³-hybridized carbons (Fsp3) is 0.238. The third kappa shape index (κ3) is 4.24. The highest BCUT2D eigenvalue weighted by Gasteiger charge is 2.22. The lowest BCUT2D eigenvalue weighted by atomic mass is 10.1. The number of hydrogen-bond acceptors (Lipinski definition) is 8. The normalized spacial score (nSPS) is 13.9. The van der Waals surface area contributed by atoms with Crippen molar-refractivity contribution >= 4 is 18.0 Å². The third-order valence-corrected chi connectivity index (χ3v) is 4.67. The summed E-state index contributed by atoms with van der Waals surface area (Å²) < 4.78 is 10.7. The van der Waals surface area contributed by atoms with Crippen LogP contribution in [0.2, 0.25) is 0 Å². The highest BCUT2D eigenvalue weighted by molar-refractivity contribution is 5.78. The number of rotatable bonds is 6. The molecule has 3 aromatic rings. The van der Waals surface area contributed by atoms with Crippen LogP contribution in [-0.4, -0.2) is 54.6 Å². The van der Waals surface area contributed by atoms with E-state index in [0.29, 0.717) is 49.3 Å². The van der Waals surface area contributed by atoms with Gasteiger partial charge in [-0.1, -0.05) is 0 Å². The maximum absolute atomic E-state index is 9.92. The first-order valence-electron chi connectivity index (χ1n) is 9.50. The molecule has 1 aromatic carbocycles. The van der Waals surface area contributed by atoms with E-state index < -0.39 is 0 Å². The second kappa shape index (κ2) is 9.07. The standard InChI is InChI=1S/C21H21N7O2/c1-29-17-6-4-15(5-7-17)19-18(13-22)20(28-9-11-30-12-10-28)26-21(25-19)27-24-14-16-3-2-8-23-16/h2-8,14,23H,9-12H2,1H3,(H,25,26,27)/b24-14+. The van der Waals surface area contributed by atoms with E-state index in [-0.39, 0.29) is 0 Å². The summed E-state index contributed by atoms with van der Waals surface area (Å²) in [6.07, 6.45) is 3.46. The first-order chi connectivity index (χ1) is 14.8. The van der Waals surface area contributed by atoms with Crippen LogP contribution in [0.5, 0.6) is 5.75 Å². The van der Waals surface area contributed by atoms with Crippen LogP contribution in [0, 0.1) is 11.3 Å². The van der Waals surface area contributed by atoms with Crippen molar-refractivity contribution in [3.63, 3.8) is 0 Å². The Balaban J connectivity index is 1.74. The number of aromatic nitrogens is 3. The number of hydrogen-bond donors (Lipinski definition) is 2. The number of aromatic amines is 1. The Morgan fingerprint density at radius 1 is 1.23 bits per heavy atom. The number of ether oxygens (including phenoxy) is 2. The number of anilines is 2. The smallest absolute Gasteiger partial charge is 0.246 e. The molecule has 1 saturated heterocycles. The van der Waals surface area contributed by atoms with Gasteiger partial charge in [0.1, 0.15) is 17.4 Å². The lowest BCUT2D eigenvalue weighted by Gasteiger charge is -2.29. The van der Waals surface area contributed by atoms with Gasteiger partial charge in [0.25, 0.3) is 0 Å². The van der Waals surface area contributed by atoms with Crippen molar-refractivity contribution in [2.45, 2.75) is 0 Å². The molecule has 1 aliphatic rings. The molecule has 4 rings (SSSR count). The average Bonchev–Trinajstić information content (AvgIpc) is 3.33. The summed E-state index contributed by atoms with van der Waals surface area (Å²) in [6, 6.07) is 13.5. The Morgan fingerprint density at radius 2 is 2.03 bits per heavy atom. The Bertz CT molecular complexity index is 1050. The van der Waals surface area contributed by atoms with Crippen molar-refractivity contribution in [3.8, 4) is 23.1 Å². The number of H-pyrrole nitrogens is 1. The maximum atomic E-state index is 9.92. The van der Waals surface area contributed by atoms with Crippen LogP contribution in [0.15, 0.2) is 47.7 Å². The number of nitriles is 1. The van der Waals surface area contributed by atoms with Gasteiger partial charge in [-0.15, -0.1) is 0 Å². The summed E-state index contributed by atoms with van der Waals surface area (Å²) in [5.74, 6) is 1.61. The molecule has 0 bridgehead atoms. The van der Waals surface area contributed by atoms with E-state index in [2.05, 4.69) is 31.5 Å². The highest BCUT2D eigenvalue weighted by Crippen LogP contribution is 2.31. The minimum atomic E-state index is 0.309. The molecule has 0 aliphatic carbocycles. The van der Waals surface area contributed by atoms with Crippen LogP contribution in [0.4, 0.5) is 11.8 Å². The van der Waals surface area contributed by atoms with E-state index in [4.69, 9.17) is 9.47 Å². The molecule has 0 atom stereocenters. The van der Waals surface area contributed by atoms with Crippen LogP contribution >= 0.6 is 0 Å². The summed E-state index contributed by atoms with van der Waals surface area (Å²) >= 11 is 0. The molecule has 0 unspecified atom stereocenters. The van der Waals surface area contributed by atoms with Gasteiger partial charge in [0.15, 0.2) is 5.82 Å². The lowest BCUT2D eigenvalue weighted by Crippen LogP contribution is -2.37. The van der Waals surface area contributed by atoms with E-state index >= 15 is 0 Å². The zero-order valence-electron chi connectivity index (χ0n) is 16.5. The van der Waals surface area contributed by atoms with Gasteiger partial charge in [-0.25, -0.2) is 10.4 Å². The van der Waals surface area contributed by atoms with Crippen molar-refractivity contribution in [3.05, 3.63) is 53.9 Å². The predicted octanol–water partition coefficient (Wildman–Crippen LogP) is 2.63. The van der Waals surface area contributed by atoms with E-state index in [1.165, 1.54) is 0 Å².